The molecule has 1 aromatic heterocycles. The molecule has 0 atom stereocenters. The monoisotopic (exact) mass is 330 g/mol. The van der Waals surface area contributed by atoms with Crippen molar-refractivity contribution in [3.8, 4) is 28.7 Å². The fourth-order valence-corrected chi connectivity index (χ4v) is 2.39. The number of ether oxygens (including phenoxy) is 3. The highest BCUT2D eigenvalue weighted by atomic mass is 35.5. The topological polar surface area (TPSA) is 66.6 Å². The summed E-state index contributed by atoms with van der Waals surface area (Å²) < 4.78 is 21.4. The van der Waals surface area contributed by atoms with Crippen LogP contribution in [0.5, 0.6) is 17.2 Å². The van der Waals surface area contributed by atoms with Crippen LogP contribution in [0.25, 0.3) is 11.5 Å². The van der Waals surface area contributed by atoms with E-state index in [1.807, 2.05) is 18.2 Å². The van der Waals surface area contributed by atoms with Crippen LogP contribution in [-0.2, 0) is 6.61 Å². The summed E-state index contributed by atoms with van der Waals surface area (Å²) in [5.74, 6) is 2.79. The number of aromatic nitrogens is 2. The van der Waals surface area contributed by atoms with Gasteiger partial charge in [0.1, 0.15) is 5.75 Å². The third kappa shape index (κ3) is 2.80. The Morgan fingerprint density at radius 1 is 1.09 bits per heavy atom. The van der Waals surface area contributed by atoms with Crippen molar-refractivity contribution in [3.63, 3.8) is 0 Å². The lowest BCUT2D eigenvalue weighted by Crippen LogP contribution is -1.97. The zero-order chi connectivity index (χ0) is 15.6. The van der Waals surface area contributed by atoms with Crippen LogP contribution in [0.4, 0.5) is 0 Å². The Morgan fingerprint density at radius 2 is 1.96 bits per heavy atom. The molecular weight excluding hydrogens is 320 g/mol. The van der Waals surface area contributed by atoms with Crippen LogP contribution in [-0.4, -0.2) is 16.9 Å². The summed E-state index contributed by atoms with van der Waals surface area (Å²) in [5.41, 5.74) is 0.691. The molecule has 7 heteroatoms. The molecule has 3 aromatic rings. The normalized spacial score (nSPS) is 12.4. The Bertz CT molecular complexity index is 850. The van der Waals surface area contributed by atoms with Gasteiger partial charge in [-0.15, -0.1) is 0 Å². The van der Waals surface area contributed by atoms with E-state index >= 15 is 0 Å². The highest BCUT2D eigenvalue weighted by Crippen LogP contribution is 2.35. The van der Waals surface area contributed by atoms with Gasteiger partial charge in [0.2, 0.25) is 12.6 Å². The van der Waals surface area contributed by atoms with Crippen LogP contribution >= 0.6 is 11.6 Å². The van der Waals surface area contributed by atoms with Gasteiger partial charge in [0.15, 0.2) is 18.1 Å². The summed E-state index contributed by atoms with van der Waals surface area (Å²) in [6.45, 7) is 0.401. The van der Waals surface area contributed by atoms with Crippen LogP contribution in [0.2, 0.25) is 5.02 Å². The molecule has 0 aliphatic carbocycles. The van der Waals surface area contributed by atoms with E-state index < -0.39 is 0 Å². The molecule has 0 amide bonds. The van der Waals surface area contributed by atoms with Gasteiger partial charge in [-0.3, -0.25) is 0 Å². The Morgan fingerprint density at radius 3 is 2.87 bits per heavy atom. The summed E-state index contributed by atoms with van der Waals surface area (Å²) >= 11 is 6.11. The molecule has 0 unspecified atom stereocenters. The minimum Gasteiger partial charge on any atom is -0.485 e. The van der Waals surface area contributed by atoms with Crippen LogP contribution in [0.15, 0.2) is 47.0 Å². The molecule has 0 fully saturated rings. The lowest BCUT2D eigenvalue weighted by Gasteiger charge is -2.04. The standard InChI is InChI=1S/C16H11ClN2O4/c17-12-4-2-1-3-11(12)16-18-15(19-23-16)8-20-10-5-6-13-14(7-10)22-9-21-13/h1-7H,8-9H2. The maximum atomic E-state index is 6.11. The molecular formula is C16H11ClN2O4. The van der Waals surface area contributed by atoms with Crippen molar-refractivity contribution >= 4 is 11.6 Å². The molecule has 116 valence electrons. The maximum Gasteiger partial charge on any atom is 0.259 e. The van der Waals surface area contributed by atoms with Crippen LogP contribution < -0.4 is 14.2 Å². The van der Waals surface area contributed by atoms with Gasteiger partial charge in [0.05, 0.1) is 10.6 Å². The van der Waals surface area contributed by atoms with E-state index in [-0.39, 0.29) is 13.4 Å². The molecule has 0 N–H and O–H groups in total. The van der Waals surface area contributed by atoms with Crippen molar-refractivity contribution in [2.24, 2.45) is 0 Å². The smallest absolute Gasteiger partial charge is 0.259 e. The number of hydrogen-bond acceptors (Lipinski definition) is 6. The molecule has 0 saturated heterocycles. The minimum absolute atomic E-state index is 0.174. The SMILES string of the molecule is Clc1ccccc1-c1nc(COc2ccc3c(c2)OCO3)no1. The Labute approximate surface area is 136 Å². The lowest BCUT2D eigenvalue weighted by atomic mass is 10.2. The zero-order valence-corrected chi connectivity index (χ0v) is 12.6. The molecule has 4 rings (SSSR count). The molecule has 2 aromatic carbocycles. The van der Waals surface area contributed by atoms with E-state index in [0.717, 1.165) is 0 Å². The fraction of sp³-hybridized carbons (Fsp3) is 0.125. The highest BCUT2D eigenvalue weighted by Gasteiger charge is 2.15. The molecule has 0 bridgehead atoms. The molecule has 0 saturated carbocycles. The van der Waals surface area contributed by atoms with Gasteiger partial charge in [-0.1, -0.05) is 28.9 Å². The first-order valence-corrected chi connectivity index (χ1v) is 7.27. The van der Waals surface area contributed by atoms with Gasteiger partial charge in [0, 0.05) is 6.07 Å². The fourth-order valence-electron chi connectivity index (χ4n) is 2.17. The molecule has 6 nitrogen and oxygen atoms in total. The van der Waals surface area contributed by atoms with Crippen LogP contribution in [0.3, 0.4) is 0 Å². The van der Waals surface area contributed by atoms with Crippen molar-refractivity contribution in [1.29, 1.82) is 0 Å². The second-order valence-electron chi connectivity index (χ2n) is 4.80. The molecule has 0 spiro atoms. The summed E-state index contributed by atoms with van der Waals surface area (Å²) in [6, 6.07) is 12.6. The summed E-state index contributed by atoms with van der Waals surface area (Å²) in [6.07, 6.45) is 0. The number of benzene rings is 2. The average molecular weight is 331 g/mol. The first-order valence-electron chi connectivity index (χ1n) is 6.89. The highest BCUT2D eigenvalue weighted by molar-refractivity contribution is 6.33. The van der Waals surface area contributed by atoms with Crippen molar-refractivity contribution in [2.45, 2.75) is 6.61 Å². The Balaban J connectivity index is 1.47. The van der Waals surface area contributed by atoms with Crippen molar-refractivity contribution in [2.75, 3.05) is 6.79 Å². The van der Waals surface area contributed by atoms with E-state index in [1.165, 1.54) is 0 Å². The Kier molecular flexibility index (Phi) is 3.51. The van der Waals surface area contributed by atoms with E-state index in [2.05, 4.69) is 10.1 Å². The van der Waals surface area contributed by atoms with Gasteiger partial charge in [-0.25, -0.2) is 0 Å². The number of halogens is 1. The van der Waals surface area contributed by atoms with E-state index in [4.69, 9.17) is 30.3 Å². The van der Waals surface area contributed by atoms with Crippen LogP contribution in [0, 0.1) is 0 Å². The quantitative estimate of drug-likeness (QED) is 0.726. The third-order valence-corrected chi connectivity index (χ3v) is 3.61. The van der Waals surface area contributed by atoms with Gasteiger partial charge >= 0.3 is 0 Å². The molecule has 0 radical (unpaired) electrons. The number of hydrogen-bond donors (Lipinski definition) is 0. The maximum absolute atomic E-state index is 6.11. The van der Waals surface area contributed by atoms with Gasteiger partial charge in [-0.2, -0.15) is 4.98 Å². The van der Waals surface area contributed by atoms with Crippen molar-refractivity contribution in [1.82, 2.24) is 10.1 Å². The van der Waals surface area contributed by atoms with Crippen LogP contribution in [0.1, 0.15) is 5.82 Å². The largest absolute Gasteiger partial charge is 0.485 e. The summed E-state index contributed by atoms with van der Waals surface area (Å²) in [7, 11) is 0. The number of fused-ring (bicyclic) bond motifs is 1. The Hall–Kier alpha value is -2.73. The average Bonchev–Trinajstić information content (AvgIpc) is 3.22. The zero-order valence-electron chi connectivity index (χ0n) is 11.9. The predicted octanol–water partition coefficient (Wildman–Crippen LogP) is 3.70. The predicted molar refractivity (Wildman–Crippen MR) is 81.6 cm³/mol. The molecule has 1 aliphatic rings. The van der Waals surface area contributed by atoms with Gasteiger partial charge < -0.3 is 18.7 Å². The van der Waals surface area contributed by atoms with Gasteiger partial charge in [-0.05, 0) is 24.3 Å². The first-order chi connectivity index (χ1) is 11.3. The first kappa shape index (κ1) is 13.9. The lowest BCUT2D eigenvalue weighted by molar-refractivity contribution is 0.173. The second-order valence-corrected chi connectivity index (χ2v) is 5.21. The minimum atomic E-state index is 0.174. The van der Waals surface area contributed by atoms with Crippen molar-refractivity contribution < 1.29 is 18.7 Å². The molecule has 2 heterocycles. The summed E-state index contributed by atoms with van der Waals surface area (Å²) in [4.78, 5) is 4.29. The molecule has 23 heavy (non-hydrogen) atoms. The molecule has 1 aliphatic heterocycles. The number of nitrogens with zero attached hydrogens (tertiary/aromatic N) is 2. The van der Waals surface area contributed by atoms with Crippen molar-refractivity contribution in [3.05, 3.63) is 53.3 Å². The number of rotatable bonds is 4. The van der Waals surface area contributed by atoms with E-state index in [9.17, 15) is 0 Å². The summed E-state index contributed by atoms with van der Waals surface area (Å²) in [5, 5.41) is 4.45. The van der Waals surface area contributed by atoms with Gasteiger partial charge in [0.25, 0.3) is 5.89 Å². The third-order valence-electron chi connectivity index (χ3n) is 3.28. The second kappa shape index (κ2) is 5.81. The van der Waals surface area contributed by atoms with E-state index in [1.54, 1.807) is 24.3 Å². The van der Waals surface area contributed by atoms with E-state index in [0.29, 0.717) is 39.5 Å².